The van der Waals surface area contributed by atoms with Crippen LogP contribution in [0.3, 0.4) is 0 Å². The molecule has 5 nitrogen and oxygen atoms in total. The van der Waals surface area contributed by atoms with E-state index in [1.807, 2.05) is 31.2 Å². The molecule has 6 heteroatoms. The summed E-state index contributed by atoms with van der Waals surface area (Å²) < 4.78 is 0.700. The van der Waals surface area contributed by atoms with Crippen molar-refractivity contribution in [3.63, 3.8) is 0 Å². The van der Waals surface area contributed by atoms with Crippen LogP contribution in [-0.2, 0) is 0 Å². The molecule has 1 heterocycles. The van der Waals surface area contributed by atoms with Crippen molar-refractivity contribution >= 4 is 33.3 Å². The van der Waals surface area contributed by atoms with Crippen molar-refractivity contribution in [3.8, 4) is 0 Å². The summed E-state index contributed by atoms with van der Waals surface area (Å²) in [5.41, 5.74) is 4.63. The molecule has 0 atom stereocenters. The Morgan fingerprint density at radius 1 is 1.18 bits per heavy atom. The fourth-order valence-corrected chi connectivity index (χ4v) is 1.82. The molecule has 4 N–H and O–H groups in total. The van der Waals surface area contributed by atoms with Gasteiger partial charge in [0.25, 0.3) is 0 Å². The quantitative estimate of drug-likeness (QED) is 0.599. The molecule has 2 aromatic rings. The normalized spacial score (nSPS) is 10.1. The fourth-order valence-electron chi connectivity index (χ4n) is 1.40. The number of halogens is 1. The predicted molar refractivity (Wildman–Crippen MR) is 72.0 cm³/mol. The highest BCUT2D eigenvalue weighted by Gasteiger charge is 2.08. The van der Waals surface area contributed by atoms with Gasteiger partial charge in [-0.05, 0) is 34.5 Å². The number of hydrogen-bond donors (Lipinski definition) is 3. The Hall–Kier alpha value is -1.66. The van der Waals surface area contributed by atoms with E-state index < -0.39 is 0 Å². The van der Waals surface area contributed by atoms with Gasteiger partial charge in [0, 0.05) is 5.69 Å². The lowest BCUT2D eigenvalue weighted by molar-refractivity contribution is 1.12. The molecule has 2 rings (SSSR count). The van der Waals surface area contributed by atoms with Crippen molar-refractivity contribution in [1.82, 2.24) is 9.97 Å². The maximum absolute atomic E-state index is 5.34. The number of aryl methyl sites for hydroxylation is 1. The van der Waals surface area contributed by atoms with Crippen LogP contribution in [0.1, 0.15) is 5.56 Å². The Balaban J connectivity index is 2.34. The van der Waals surface area contributed by atoms with Gasteiger partial charge in [-0.2, -0.15) is 0 Å². The van der Waals surface area contributed by atoms with Gasteiger partial charge in [-0.25, -0.2) is 15.8 Å². The summed E-state index contributed by atoms with van der Waals surface area (Å²) in [4.78, 5) is 8.15. The van der Waals surface area contributed by atoms with Crippen molar-refractivity contribution in [2.24, 2.45) is 5.84 Å². The van der Waals surface area contributed by atoms with Crippen LogP contribution in [0.2, 0.25) is 0 Å². The number of nitrogens with zero attached hydrogens (tertiary/aromatic N) is 2. The summed E-state index contributed by atoms with van der Waals surface area (Å²) in [6.07, 6.45) is 1.44. The van der Waals surface area contributed by atoms with Crippen LogP contribution in [-0.4, -0.2) is 9.97 Å². The first-order valence-corrected chi connectivity index (χ1v) is 5.81. The fraction of sp³-hybridized carbons (Fsp3) is 0.0909. The van der Waals surface area contributed by atoms with Crippen molar-refractivity contribution < 1.29 is 0 Å². The van der Waals surface area contributed by atoms with Gasteiger partial charge in [0.15, 0.2) is 5.82 Å². The first-order valence-electron chi connectivity index (χ1n) is 5.02. The standard InChI is InChI=1S/C11H12BrN5/c1-7-4-2-3-5-8(7)16-10-9(12)11(17-13)15-6-14-10/h2-6H,13H2,1H3,(H2,14,15,16,17). The molecule has 88 valence electrons. The van der Waals surface area contributed by atoms with Gasteiger partial charge in [0.05, 0.1) is 0 Å². The Kier molecular flexibility index (Phi) is 3.55. The predicted octanol–water partition coefficient (Wildman–Crippen LogP) is 2.58. The number of rotatable bonds is 3. The van der Waals surface area contributed by atoms with Crippen molar-refractivity contribution in [3.05, 3.63) is 40.6 Å². The lowest BCUT2D eigenvalue weighted by Gasteiger charge is -2.11. The van der Waals surface area contributed by atoms with Gasteiger partial charge < -0.3 is 10.7 Å². The zero-order valence-electron chi connectivity index (χ0n) is 9.24. The van der Waals surface area contributed by atoms with Crippen LogP contribution in [0, 0.1) is 6.92 Å². The largest absolute Gasteiger partial charge is 0.339 e. The molecule has 17 heavy (non-hydrogen) atoms. The highest BCUT2D eigenvalue weighted by Crippen LogP contribution is 2.29. The maximum Gasteiger partial charge on any atom is 0.159 e. The summed E-state index contributed by atoms with van der Waals surface area (Å²) in [6, 6.07) is 7.97. The summed E-state index contributed by atoms with van der Waals surface area (Å²) in [5, 5.41) is 3.22. The molecule has 0 radical (unpaired) electrons. The van der Waals surface area contributed by atoms with Crippen molar-refractivity contribution in [2.75, 3.05) is 10.7 Å². The Morgan fingerprint density at radius 3 is 2.59 bits per heavy atom. The van der Waals surface area contributed by atoms with Gasteiger partial charge in [-0.1, -0.05) is 18.2 Å². The van der Waals surface area contributed by atoms with Crippen LogP contribution < -0.4 is 16.6 Å². The number of nitrogen functional groups attached to an aromatic ring is 1. The maximum atomic E-state index is 5.34. The highest BCUT2D eigenvalue weighted by atomic mass is 79.9. The number of hydrogen-bond acceptors (Lipinski definition) is 5. The van der Waals surface area contributed by atoms with E-state index in [1.165, 1.54) is 6.33 Å². The van der Waals surface area contributed by atoms with Gasteiger partial charge >= 0.3 is 0 Å². The third kappa shape index (κ3) is 2.54. The number of anilines is 3. The molecule has 0 fully saturated rings. The Morgan fingerprint density at radius 2 is 1.88 bits per heavy atom. The summed E-state index contributed by atoms with van der Waals surface area (Å²) >= 11 is 3.39. The van der Waals surface area contributed by atoms with Gasteiger partial charge in [-0.15, -0.1) is 0 Å². The average Bonchev–Trinajstić information content (AvgIpc) is 2.34. The third-order valence-electron chi connectivity index (χ3n) is 2.32. The van der Waals surface area contributed by atoms with E-state index in [4.69, 9.17) is 5.84 Å². The highest BCUT2D eigenvalue weighted by molar-refractivity contribution is 9.10. The number of para-hydroxylation sites is 1. The number of nitrogens with two attached hydrogens (primary N) is 1. The first-order chi connectivity index (χ1) is 8.22. The van der Waals surface area contributed by atoms with Gasteiger partial charge in [0.1, 0.15) is 16.6 Å². The molecule has 1 aromatic carbocycles. The molecule has 0 aliphatic heterocycles. The number of hydrazine groups is 1. The van der Waals surface area contributed by atoms with E-state index in [2.05, 4.69) is 36.6 Å². The number of nitrogens with one attached hydrogen (secondary N) is 2. The second kappa shape index (κ2) is 5.11. The van der Waals surface area contributed by atoms with E-state index in [9.17, 15) is 0 Å². The molecule has 1 aromatic heterocycles. The smallest absolute Gasteiger partial charge is 0.159 e. The molecule has 0 amide bonds. The minimum absolute atomic E-state index is 0.538. The lowest BCUT2D eigenvalue weighted by Crippen LogP contribution is -2.10. The second-order valence-corrected chi connectivity index (χ2v) is 4.26. The van der Waals surface area contributed by atoms with Crippen LogP contribution in [0.5, 0.6) is 0 Å². The van der Waals surface area contributed by atoms with E-state index in [-0.39, 0.29) is 0 Å². The zero-order valence-corrected chi connectivity index (χ0v) is 10.8. The number of benzene rings is 1. The van der Waals surface area contributed by atoms with Gasteiger partial charge in [-0.3, -0.25) is 0 Å². The first kappa shape index (κ1) is 11.8. The minimum Gasteiger partial charge on any atom is -0.339 e. The SMILES string of the molecule is Cc1ccccc1Nc1ncnc(NN)c1Br. The molecule has 0 saturated heterocycles. The molecule has 0 bridgehead atoms. The molecular weight excluding hydrogens is 282 g/mol. The molecule has 0 aliphatic rings. The van der Waals surface area contributed by atoms with Crippen molar-refractivity contribution in [1.29, 1.82) is 0 Å². The van der Waals surface area contributed by atoms with Gasteiger partial charge in [0.2, 0.25) is 0 Å². The molecule has 0 saturated carbocycles. The summed E-state index contributed by atoms with van der Waals surface area (Å²) in [7, 11) is 0. The monoisotopic (exact) mass is 293 g/mol. The molecule has 0 spiro atoms. The average molecular weight is 294 g/mol. The number of aromatic nitrogens is 2. The molecule has 0 aliphatic carbocycles. The van der Waals surface area contributed by atoms with E-state index in [0.717, 1.165) is 11.3 Å². The van der Waals surface area contributed by atoms with E-state index in [0.29, 0.717) is 16.1 Å². The van der Waals surface area contributed by atoms with Crippen LogP contribution >= 0.6 is 15.9 Å². The molecular formula is C11H12BrN5. The zero-order chi connectivity index (χ0) is 12.3. The molecule has 0 unspecified atom stereocenters. The van der Waals surface area contributed by atoms with Crippen LogP contribution in [0.15, 0.2) is 35.1 Å². The van der Waals surface area contributed by atoms with Crippen LogP contribution in [0.25, 0.3) is 0 Å². The Labute approximate surface area is 108 Å². The lowest BCUT2D eigenvalue weighted by atomic mass is 10.2. The van der Waals surface area contributed by atoms with E-state index >= 15 is 0 Å². The third-order valence-corrected chi connectivity index (χ3v) is 3.08. The van der Waals surface area contributed by atoms with Crippen LogP contribution in [0.4, 0.5) is 17.3 Å². The minimum atomic E-state index is 0.538. The Bertz CT molecular complexity index is 529. The second-order valence-electron chi connectivity index (χ2n) is 3.47. The van der Waals surface area contributed by atoms with E-state index in [1.54, 1.807) is 0 Å². The summed E-state index contributed by atoms with van der Waals surface area (Å²) in [6.45, 7) is 2.03. The topological polar surface area (TPSA) is 75.9 Å². The summed E-state index contributed by atoms with van der Waals surface area (Å²) in [5.74, 6) is 6.55. The van der Waals surface area contributed by atoms with Crippen molar-refractivity contribution in [2.45, 2.75) is 6.92 Å².